The van der Waals surface area contributed by atoms with Crippen molar-refractivity contribution in [2.45, 2.75) is 32.6 Å². The molecule has 0 spiro atoms. The van der Waals surface area contributed by atoms with E-state index in [1.165, 1.54) is 25.7 Å². The lowest BCUT2D eigenvalue weighted by Crippen LogP contribution is -2.29. The van der Waals surface area contributed by atoms with Gasteiger partial charge in [0.25, 0.3) is 0 Å². The van der Waals surface area contributed by atoms with Crippen LogP contribution in [0.2, 0.25) is 0 Å². The van der Waals surface area contributed by atoms with Gasteiger partial charge in [0.1, 0.15) is 0 Å². The van der Waals surface area contributed by atoms with Crippen LogP contribution in [0.1, 0.15) is 32.6 Å². The molecule has 0 aliphatic heterocycles. The van der Waals surface area contributed by atoms with E-state index in [0.717, 1.165) is 0 Å². The summed E-state index contributed by atoms with van der Waals surface area (Å²) in [5.41, 5.74) is 0. The van der Waals surface area contributed by atoms with Gasteiger partial charge < -0.3 is 0 Å². The van der Waals surface area contributed by atoms with Gasteiger partial charge in [-0.05, 0) is 25.7 Å². The standard InChI is InChI=1S/C8H17NO2S/c1-2-12(10,11)9-7-8-5-3-4-6-8/h8-9H,2-7H2,1H3. The van der Waals surface area contributed by atoms with Gasteiger partial charge in [0.05, 0.1) is 5.75 Å². The van der Waals surface area contributed by atoms with Crippen LogP contribution < -0.4 is 4.72 Å². The number of hydrogen-bond donors (Lipinski definition) is 1. The third kappa shape index (κ3) is 3.11. The zero-order chi connectivity index (χ0) is 9.03. The second kappa shape index (κ2) is 4.23. The van der Waals surface area contributed by atoms with Gasteiger partial charge in [-0.1, -0.05) is 12.8 Å². The van der Waals surface area contributed by atoms with Crippen LogP contribution in [0.3, 0.4) is 0 Å². The van der Waals surface area contributed by atoms with Crippen LogP contribution in [0.4, 0.5) is 0 Å². The molecule has 1 fully saturated rings. The highest BCUT2D eigenvalue weighted by molar-refractivity contribution is 7.89. The second-order valence-corrected chi connectivity index (χ2v) is 5.50. The Kier molecular flexibility index (Phi) is 3.53. The summed E-state index contributed by atoms with van der Waals surface area (Å²) in [4.78, 5) is 0. The van der Waals surface area contributed by atoms with Crippen molar-refractivity contribution in [3.05, 3.63) is 0 Å². The quantitative estimate of drug-likeness (QED) is 0.723. The summed E-state index contributed by atoms with van der Waals surface area (Å²) in [5.74, 6) is 0.783. The lowest BCUT2D eigenvalue weighted by Gasteiger charge is -2.09. The molecule has 1 N–H and O–H groups in total. The fraction of sp³-hybridized carbons (Fsp3) is 1.00. The van der Waals surface area contributed by atoms with E-state index in [-0.39, 0.29) is 5.75 Å². The lowest BCUT2D eigenvalue weighted by atomic mass is 10.1. The van der Waals surface area contributed by atoms with Crippen molar-refractivity contribution in [1.82, 2.24) is 4.72 Å². The average molecular weight is 191 g/mol. The zero-order valence-corrected chi connectivity index (χ0v) is 8.36. The molecule has 0 unspecified atom stereocenters. The molecule has 0 radical (unpaired) electrons. The third-order valence-corrected chi connectivity index (χ3v) is 3.81. The molecular formula is C8H17NO2S. The summed E-state index contributed by atoms with van der Waals surface area (Å²) in [6.07, 6.45) is 4.90. The van der Waals surface area contributed by atoms with Crippen LogP contribution in [0.5, 0.6) is 0 Å². The largest absolute Gasteiger partial charge is 0.215 e. The topological polar surface area (TPSA) is 46.2 Å². The van der Waals surface area contributed by atoms with Crippen LogP contribution in [-0.4, -0.2) is 20.7 Å². The van der Waals surface area contributed by atoms with Crippen LogP contribution >= 0.6 is 0 Å². The smallest absolute Gasteiger partial charge is 0.211 e. The summed E-state index contributed by atoms with van der Waals surface area (Å²) in [7, 11) is -2.96. The van der Waals surface area contributed by atoms with Crippen molar-refractivity contribution >= 4 is 10.0 Å². The molecule has 3 nitrogen and oxygen atoms in total. The third-order valence-electron chi connectivity index (χ3n) is 2.45. The van der Waals surface area contributed by atoms with E-state index in [0.29, 0.717) is 12.5 Å². The molecule has 0 atom stereocenters. The minimum Gasteiger partial charge on any atom is -0.215 e. The summed E-state index contributed by atoms with van der Waals surface area (Å²) < 4.78 is 24.7. The zero-order valence-electron chi connectivity index (χ0n) is 7.54. The van der Waals surface area contributed by atoms with Gasteiger partial charge >= 0.3 is 0 Å². The first-order valence-corrected chi connectivity index (χ1v) is 6.26. The van der Waals surface area contributed by atoms with Crippen molar-refractivity contribution in [2.75, 3.05) is 12.3 Å². The van der Waals surface area contributed by atoms with E-state index in [4.69, 9.17) is 0 Å². The SMILES string of the molecule is CCS(=O)(=O)NCC1CCCC1. The molecule has 0 bridgehead atoms. The summed E-state index contributed by atoms with van der Waals surface area (Å²) in [6, 6.07) is 0. The maximum atomic E-state index is 11.0. The van der Waals surface area contributed by atoms with Crippen LogP contribution in [0, 0.1) is 5.92 Å². The van der Waals surface area contributed by atoms with E-state index in [1.54, 1.807) is 6.92 Å². The highest BCUT2D eigenvalue weighted by Crippen LogP contribution is 2.23. The Labute approximate surface area is 74.6 Å². The Balaban J connectivity index is 2.25. The van der Waals surface area contributed by atoms with Crippen molar-refractivity contribution < 1.29 is 8.42 Å². The number of hydrogen-bond acceptors (Lipinski definition) is 2. The van der Waals surface area contributed by atoms with Crippen molar-refractivity contribution in [2.24, 2.45) is 5.92 Å². The minimum atomic E-state index is -2.96. The lowest BCUT2D eigenvalue weighted by molar-refractivity contribution is 0.520. The van der Waals surface area contributed by atoms with Gasteiger partial charge in [-0.2, -0.15) is 0 Å². The molecule has 72 valence electrons. The number of rotatable bonds is 4. The molecule has 1 aliphatic rings. The van der Waals surface area contributed by atoms with Crippen molar-refractivity contribution in [3.63, 3.8) is 0 Å². The molecule has 4 heteroatoms. The van der Waals surface area contributed by atoms with Gasteiger partial charge in [-0.15, -0.1) is 0 Å². The van der Waals surface area contributed by atoms with E-state index in [2.05, 4.69) is 4.72 Å². The minimum absolute atomic E-state index is 0.194. The average Bonchev–Trinajstić information content (AvgIpc) is 2.53. The van der Waals surface area contributed by atoms with E-state index in [9.17, 15) is 8.42 Å². The fourth-order valence-corrected chi connectivity index (χ4v) is 2.26. The van der Waals surface area contributed by atoms with Gasteiger partial charge in [-0.25, -0.2) is 13.1 Å². The maximum Gasteiger partial charge on any atom is 0.211 e. The van der Waals surface area contributed by atoms with Gasteiger partial charge in [0.15, 0.2) is 0 Å². The molecule has 0 heterocycles. The number of nitrogens with one attached hydrogen (secondary N) is 1. The summed E-state index contributed by atoms with van der Waals surface area (Å²) >= 11 is 0. The first-order valence-electron chi connectivity index (χ1n) is 4.61. The van der Waals surface area contributed by atoms with Crippen molar-refractivity contribution in [3.8, 4) is 0 Å². The Morgan fingerprint density at radius 1 is 1.33 bits per heavy atom. The van der Waals surface area contributed by atoms with Crippen LogP contribution in [0.15, 0.2) is 0 Å². The summed E-state index contributed by atoms with van der Waals surface area (Å²) in [5, 5.41) is 0. The summed E-state index contributed by atoms with van der Waals surface area (Å²) in [6.45, 7) is 2.31. The Morgan fingerprint density at radius 3 is 2.42 bits per heavy atom. The monoisotopic (exact) mass is 191 g/mol. The van der Waals surface area contributed by atoms with Crippen LogP contribution in [0.25, 0.3) is 0 Å². The van der Waals surface area contributed by atoms with Gasteiger partial charge in [-0.3, -0.25) is 0 Å². The van der Waals surface area contributed by atoms with E-state index >= 15 is 0 Å². The normalized spacial score (nSPS) is 20.1. The first-order chi connectivity index (χ1) is 5.64. The Hall–Kier alpha value is -0.0900. The predicted molar refractivity (Wildman–Crippen MR) is 49.4 cm³/mol. The molecular weight excluding hydrogens is 174 g/mol. The molecule has 0 aromatic carbocycles. The molecule has 1 rings (SSSR count). The maximum absolute atomic E-state index is 11.0. The molecule has 0 aromatic rings. The second-order valence-electron chi connectivity index (χ2n) is 3.40. The van der Waals surface area contributed by atoms with Crippen molar-refractivity contribution in [1.29, 1.82) is 0 Å². The molecule has 1 aliphatic carbocycles. The molecule has 12 heavy (non-hydrogen) atoms. The van der Waals surface area contributed by atoms with Gasteiger partial charge in [0.2, 0.25) is 10.0 Å². The predicted octanol–water partition coefficient (Wildman–Crippen LogP) is 1.12. The van der Waals surface area contributed by atoms with E-state index in [1.807, 2.05) is 0 Å². The number of sulfonamides is 1. The molecule has 0 amide bonds. The van der Waals surface area contributed by atoms with E-state index < -0.39 is 10.0 Å². The fourth-order valence-electron chi connectivity index (χ4n) is 1.56. The molecule has 1 saturated carbocycles. The Bertz CT molecular complexity index is 217. The van der Waals surface area contributed by atoms with Crippen LogP contribution in [-0.2, 0) is 10.0 Å². The first kappa shape index (κ1) is 9.99. The highest BCUT2D eigenvalue weighted by atomic mass is 32.2. The Morgan fingerprint density at radius 2 is 1.92 bits per heavy atom. The van der Waals surface area contributed by atoms with Gasteiger partial charge in [0, 0.05) is 6.54 Å². The highest BCUT2D eigenvalue weighted by Gasteiger charge is 2.16. The molecule has 0 saturated heterocycles. The molecule has 0 aromatic heterocycles.